The van der Waals surface area contributed by atoms with Crippen molar-refractivity contribution in [2.75, 3.05) is 38.3 Å². The molecule has 1 aliphatic rings. The Labute approximate surface area is 113 Å². The summed E-state index contributed by atoms with van der Waals surface area (Å²) < 4.78 is 5.47. The lowest BCUT2D eigenvalue weighted by molar-refractivity contribution is 0.00352. The predicted molar refractivity (Wildman–Crippen MR) is 73.3 cm³/mol. The van der Waals surface area contributed by atoms with E-state index in [0.717, 1.165) is 29.4 Å². The van der Waals surface area contributed by atoms with E-state index < -0.39 is 0 Å². The molecule has 1 heterocycles. The van der Waals surface area contributed by atoms with E-state index in [1.807, 2.05) is 19.2 Å². The Kier molecular flexibility index (Phi) is 4.83. The number of nitrogens with one attached hydrogen (secondary N) is 1. The van der Waals surface area contributed by atoms with Gasteiger partial charge in [-0.3, -0.25) is 0 Å². The van der Waals surface area contributed by atoms with Gasteiger partial charge in [-0.05, 0) is 19.2 Å². The topological polar surface area (TPSA) is 44.7 Å². The molecule has 1 aliphatic heterocycles. The van der Waals surface area contributed by atoms with Crippen LogP contribution >= 0.6 is 11.6 Å². The van der Waals surface area contributed by atoms with E-state index in [1.54, 1.807) is 0 Å². The molecule has 1 aromatic carbocycles. The standard InChI is InChI=1S/C13H19ClN2O2/c1-15-7-11-12(14)3-2-4-13(11)16-5-6-18-10(8-16)9-17/h2-4,10,15,17H,5-9H2,1H3. The van der Waals surface area contributed by atoms with E-state index in [1.165, 1.54) is 0 Å². The van der Waals surface area contributed by atoms with E-state index in [4.69, 9.17) is 16.3 Å². The number of hydrogen-bond donors (Lipinski definition) is 2. The maximum Gasteiger partial charge on any atom is 0.0980 e. The second-order valence-electron chi connectivity index (χ2n) is 4.39. The number of ether oxygens (including phenoxy) is 1. The fraction of sp³-hybridized carbons (Fsp3) is 0.538. The summed E-state index contributed by atoms with van der Waals surface area (Å²) >= 11 is 6.25. The maximum atomic E-state index is 9.19. The Balaban J connectivity index is 2.23. The first-order chi connectivity index (χ1) is 8.76. The Morgan fingerprint density at radius 3 is 3.11 bits per heavy atom. The molecule has 0 saturated carbocycles. The van der Waals surface area contributed by atoms with Crippen molar-refractivity contribution in [2.45, 2.75) is 12.6 Å². The Morgan fingerprint density at radius 2 is 2.39 bits per heavy atom. The van der Waals surface area contributed by atoms with E-state index in [0.29, 0.717) is 13.2 Å². The second kappa shape index (κ2) is 6.38. The SMILES string of the molecule is CNCc1c(Cl)cccc1N1CCOC(CO)C1. The van der Waals surface area contributed by atoms with Gasteiger partial charge in [0, 0.05) is 35.9 Å². The van der Waals surface area contributed by atoms with Crippen molar-refractivity contribution >= 4 is 17.3 Å². The first-order valence-electron chi connectivity index (χ1n) is 6.15. The van der Waals surface area contributed by atoms with Crippen LogP contribution in [0.2, 0.25) is 5.02 Å². The van der Waals surface area contributed by atoms with Crippen LogP contribution in [-0.4, -0.2) is 44.6 Å². The highest BCUT2D eigenvalue weighted by Gasteiger charge is 2.22. The highest BCUT2D eigenvalue weighted by molar-refractivity contribution is 6.31. The van der Waals surface area contributed by atoms with Crippen LogP contribution in [0.4, 0.5) is 5.69 Å². The number of aliphatic hydroxyl groups is 1. The first kappa shape index (κ1) is 13.6. The van der Waals surface area contributed by atoms with Gasteiger partial charge in [0.2, 0.25) is 0 Å². The number of aliphatic hydroxyl groups excluding tert-OH is 1. The summed E-state index contributed by atoms with van der Waals surface area (Å²) in [4.78, 5) is 2.23. The zero-order chi connectivity index (χ0) is 13.0. The molecule has 5 heteroatoms. The van der Waals surface area contributed by atoms with E-state index in [2.05, 4.69) is 16.3 Å². The van der Waals surface area contributed by atoms with E-state index in [-0.39, 0.29) is 12.7 Å². The van der Waals surface area contributed by atoms with Gasteiger partial charge >= 0.3 is 0 Å². The zero-order valence-electron chi connectivity index (χ0n) is 10.5. The molecule has 4 nitrogen and oxygen atoms in total. The largest absolute Gasteiger partial charge is 0.394 e. The molecular weight excluding hydrogens is 252 g/mol. The summed E-state index contributed by atoms with van der Waals surface area (Å²) in [6.07, 6.45) is -0.111. The first-order valence-corrected chi connectivity index (χ1v) is 6.53. The van der Waals surface area contributed by atoms with Crippen LogP contribution in [0.1, 0.15) is 5.56 Å². The monoisotopic (exact) mass is 270 g/mol. The molecule has 0 aromatic heterocycles. The summed E-state index contributed by atoms with van der Waals surface area (Å²) in [6.45, 7) is 2.95. The van der Waals surface area contributed by atoms with Crippen molar-refractivity contribution in [1.29, 1.82) is 0 Å². The highest BCUT2D eigenvalue weighted by Crippen LogP contribution is 2.28. The minimum Gasteiger partial charge on any atom is -0.394 e. The van der Waals surface area contributed by atoms with Gasteiger partial charge in [0.25, 0.3) is 0 Å². The fourth-order valence-corrected chi connectivity index (χ4v) is 2.48. The highest BCUT2D eigenvalue weighted by atomic mass is 35.5. The molecule has 1 atom stereocenters. The number of anilines is 1. The number of rotatable bonds is 4. The number of halogens is 1. The van der Waals surface area contributed by atoms with Gasteiger partial charge in [-0.1, -0.05) is 17.7 Å². The van der Waals surface area contributed by atoms with Gasteiger partial charge in [-0.25, -0.2) is 0 Å². The van der Waals surface area contributed by atoms with Crippen molar-refractivity contribution in [1.82, 2.24) is 5.32 Å². The smallest absolute Gasteiger partial charge is 0.0980 e. The molecule has 2 rings (SSSR count). The fourth-order valence-electron chi connectivity index (χ4n) is 2.24. The molecule has 0 aliphatic carbocycles. The Hall–Kier alpha value is -0.810. The van der Waals surface area contributed by atoms with Crippen molar-refractivity contribution < 1.29 is 9.84 Å². The molecule has 2 N–H and O–H groups in total. The third kappa shape index (κ3) is 2.95. The van der Waals surface area contributed by atoms with Gasteiger partial charge in [-0.2, -0.15) is 0 Å². The predicted octanol–water partition coefficient (Wildman–Crippen LogP) is 1.26. The molecule has 0 radical (unpaired) electrons. The van der Waals surface area contributed by atoms with Crippen molar-refractivity contribution in [3.05, 3.63) is 28.8 Å². The van der Waals surface area contributed by atoms with Gasteiger partial charge in [-0.15, -0.1) is 0 Å². The maximum absolute atomic E-state index is 9.19. The number of morpholine rings is 1. The van der Waals surface area contributed by atoms with Gasteiger partial charge < -0.3 is 20.1 Å². The number of hydrogen-bond acceptors (Lipinski definition) is 4. The van der Waals surface area contributed by atoms with E-state index >= 15 is 0 Å². The third-order valence-corrected chi connectivity index (χ3v) is 3.48. The average Bonchev–Trinajstić information content (AvgIpc) is 2.41. The van der Waals surface area contributed by atoms with Crippen LogP contribution in [0, 0.1) is 0 Å². The summed E-state index contributed by atoms with van der Waals surface area (Å²) in [5.41, 5.74) is 2.22. The molecule has 1 saturated heterocycles. The summed E-state index contributed by atoms with van der Waals surface area (Å²) in [5.74, 6) is 0. The molecule has 0 spiro atoms. The van der Waals surface area contributed by atoms with Crippen LogP contribution in [0.25, 0.3) is 0 Å². The minimum atomic E-state index is -0.111. The zero-order valence-corrected chi connectivity index (χ0v) is 11.3. The number of nitrogens with zero attached hydrogens (tertiary/aromatic N) is 1. The third-order valence-electron chi connectivity index (χ3n) is 3.13. The van der Waals surface area contributed by atoms with Crippen LogP contribution in [0.5, 0.6) is 0 Å². The molecule has 1 fully saturated rings. The lowest BCUT2D eigenvalue weighted by atomic mass is 10.1. The van der Waals surface area contributed by atoms with Crippen molar-refractivity contribution in [3.63, 3.8) is 0 Å². The van der Waals surface area contributed by atoms with Gasteiger partial charge in [0.15, 0.2) is 0 Å². The van der Waals surface area contributed by atoms with Crippen LogP contribution in [0.3, 0.4) is 0 Å². The Morgan fingerprint density at radius 1 is 1.56 bits per heavy atom. The summed E-state index contributed by atoms with van der Waals surface area (Å²) in [5, 5.41) is 13.1. The molecule has 0 amide bonds. The van der Waals surface area contributed by atoms with E-state index in [9.17, 15) is 5.11 Å². The van der Waals surface area contributed by atoms with Crippen LogP contribution in [-0.2, 0) is 11.3 Å². The van der Waals surface area contributed by atoms with Crippen LogP contribution < -0.4 is 10.2 Å². The van der Waals surface area contributed by atoms with Gasteiger partial charge in [0.1, 0.15) is 0 Å². The lowest BCUT2D eigenvalue weighted by Crippen LogP contribution is -2.44. The minimum absolute atomic E-state index is 0.0540. The number of benzene rings is 1. The van der Waals surface area contributed by atoms with Crippen molar-refractivity contribution in [2.24, 2.45) is 0 Å². The van der Waals surface area contributed by atoms with Crippen molar-refractivity contribution in [3.8, 4) is 0 Å². The molecule has 1 aromatic rings. The average molecular weight is 271 g/mol. The molecule has 0 bridgehead atoms. The van der Waals surface area contributed by atoms with Gasteiger partial charge in [0.05, 0.1) is 19.3 Å². The lowest BCUT2D eigenvalue weighted by Gasteiger charge is -2.35. The summed E-state index contributed by atoms with van der Waals surface area (Å²) in [6, 6.07) is 5.93. The molecule has 18 heavy (non-hydrogen) atoms. The molecule has 1 unspecified atom stereocenters. The quantitative estimate of drug-likeness (QED) is 0.865. The normalized spacial score (nSPS) is 20.2. The molecule has 100 valence electrons. The Bertz CT molecular complexity index is 401. The van der Waals surface area contributed by atoms with Crippen LogP contribution in [0.15, 0.2) is 18.2 Å². The summed E-state index contributed by atoms with van der Waals surface area (Å²) in [7, 11) is 1.91. The molecular formula is C13H19ClN2O2. The second-order valence-corrected chi connectivity index (χ2v) is 4.80.